The second-order valence-corrected chi connectivity index (χ2v) is 6.34. The first-order valence-corrected chi connectivity index (χ1v) is 7.44. The zero-order valence-electron chi connectivity index (χ0n) is 12.7. The van der Waals surface area contributed by atoms with Crippen LogP contribution in [0.25, 0.3) is 0 Å². The molecule has 0 aromatic carbocycles. The summed E-state index contributed by atoms with van der Waals surface area (Å²) in [5.74, 6) is 0.671. The van der Waals surface area contributed by atoms with Crippen LogP contribution in [0.1, 0.15) is 27.2 Å². The first-order chi connectivity index (χ1) is 9.87. The van der Waals surface area contributed by atoms with Crippen LogP contribution in [0.5, 0.6) is 0 Å². The number of nitrogens with zero attached hydrogens (tertiary/aromatic N) is 4. The second kappa shape index (κ2) is 6.47. The Bertz CT molecular complexity index is 504. The third kappa shape index (κ3) is 4.46. The van der Waals surface area contributed by atoms with Gasteiger partial charge in [-0.2, -0.15) is 0 Å². The summed E-state index contributed by atoms with van der Waals surface area (Å²) in [6, 6.07) is 0. The molecule has 0 aliphatic carbocycles. The molecule has 0 atom stereocenters. The van der Waals surface area contributed by atoms with E-state index in [1.807, 2.05) is 20.8 Å². The number of aromatic nitrogens is 2. The number of hydrogen-bond acceptors (Lipinski definition) is 5. The van der Waals surface area contributed by atoms with Crippen molar-refractivity contribution in [1.29, 1.82) is 0 Å². The maximum atomic E-state index is 12.1. The molecule has 1 aromatic heterocycles. The van der Waals surface area contributed by atoms with E-state index in [0.717, 1.165) is 13.0 Å². The van der Waals surface area contributed by atoms with Crippen molar-refractivity contribution in [2.75, 3.05) is 31.1 Å². The van der Waals surface area contributed by atoms with Crippen LogP contribution in [0.3, 0.4) is 0 Å². The molecule has 0 radical (unpaired) electrons. The maximum Gasteiger partial charge on any atom is 0.410 e. The van der Waals surface area contributed by atoms with E-state index in [1.165, 1.54) is 0 Å². The molecule has 1 fully saturated rings. The van der Waals surface area contributed by atoms with Gasteiger partial charge in [0.25, 0.3) is 0 Å². The molecular formula is C14H21ClN4O2. The quantitative estimate of drug-likeness (QED) is 0.797. The molecule has 2 heterocycles. The van der Waals surface area contributed by atoms with Crippen molar-refractivity contribution in [2.24, 2.45) is 0 Å². The Kier molecular flexibility index (Phi) is 4.88. The summed E-state index contributed by atoms with van der Waals surface area (Å²) in [5.41, 5.74) is -0.475. The maximum absolute atomic E-state index is 12.1. The zero-order valence-corrected chi connectivity index (χ0v) is 13.4. The van der Waals surface area contributed by atoms with E-state index in [-0.39, 0.29) is 6.09 Å². The number of rotatable bonds is 1. The lowest BCUT2D eigenvalue weighted by Crippen LogP contribution is -2.39. The van der Waals surface area contributed by atoms with Crippen LogP contribution in [0.2, 0.25) is 5.15 Å². The highest BCUT2D eigenvalue weighted by Gasteiger charge is 2.25. The Hall–Kier alpha value is -1.56. The molecule has 1 aliphatic heterocycles. The number of carbonyl (C=O) groups excluding carboxylic acids is 1. The molecule has 0 spiro atoms. The third-order valence-corrected chi connectivity index (χ3v) is 3.35. The molecule has 0 saturated carbocycles. The van der Waals surface area contributed by atoms with Crippen LogP contribution in [0.4, 0.5) is 10.6 Å². The fraction of sp³-hybridized carbons (Fsp3) is 0.643. The van der Waals surface area contributed by atoms with Crippen molar-refractivity contribution in [3.05, 3.63) is 17.5 Å². The van der Waals surface area contributed by atoms with E-state index >= 15 is 0 Å². The van der Waals surface area contributed by atoms with E-state index in [1.54, 1.807) is 17.3 Å². The van der Waals surface area contributed by atoms with Crippen LogP contribution in [0, 0.1) is 0 Å². The highest BCUT2D eigenvalue weighted by atomic mass is 35.5. The van der Waals surface area contributed by atoms with Crippen molar-refractivity contribution >= 4 is 23.5 Å². The smallest absolute Gasteiger partial charge is 0.410 e. The summed E-state index contributed by atoms with van der Waals surface area (Å²) in [6.45, 7) is 8.32. The van der Waals surface area contributed by atoms with Gasteiger partial charge < -0.3 is 14.5 Å². The Balaban J connectivity index is 1.99. The van der Waals surface area contributed by atoms with E-state index < -0.39 is 5.60 Å². The summed E-state index contributed by atoms with van der Waals surface area (Å²) in [5, 5.41) is 0.392. The Morgan fingerprint density at radius 1 is 1.19 bits per heavy atom. The molecule has 21 heavy (non-hydrogen) atoms. The lowest BCUT2D eigenvalue weighted by atomic mass is 10.2. The molecule has 1 aromatic rings. The Labute approximate surface area is 130 Å². The number of halogens is 1. The van der Waals surface area contributed by atoms with Gasteiger partial charge in [0.15, 0.2) is 11.0 Å². The minimum absolute atomic E-state index is 0.269. The number of ether oxygens (including phenoxy) is 1. The fourth-order valence-electron chi connectivity index (χ4n) is 2.16. The summed E-state index contributed by atoms with van der Waals surface area (Å²) in [7, 11) is 0. The predicted molar refractivity (Wildman–Crippen MR) is 81.7 cm³/mol. The Morgan fingerprint density at radius 2 is 1.90 bits per heavy atom. The minimum atomic E-state index is -0.475. The summed E-state index contributed by atoms with van der Waals surface area (Å²) >= 11 is 6.08. The van der Waals surface area contributed by atoms with Crippen LogP contribution in [0.15, 0.2) is 12.4 Å². The molecular weight excluding hydrogens is 292 g/mol. The van der Waals surface area contributed by atoms with Crippen molar-refractivity contribution in [1.82, 2.24) is 14.9 Å². The normalized spacial score (nSPS) is 16.6. The molecule has 6 nitrogen and oxygen atoms in total. The standard InChI is InChI=1S/C14H21ClN4O2/c1-14(2,3)21-13(20)19-8-4-7-18(9-10-19)12-11(15)16-5-6-17-12/h5-6H,4,7-10H2,1-3H3. The zero-order chi connectivity index (χ0) is 15.5. The first-order valence-electron chi connectivity index (χ1n) is 7.06. The predicted octanol–water partition coefficient (Wildman–Crippen LogP) is 2.58. The van der Waals surface area contributed by atoms with Gasteiger partial charge in [0, 0.05) is 38.6 Å². The molecule has 1 aliphatic rings. The van der Waals surface area contributed by atoms with E-state index in [2.05, 4.69) is 14.9 Å². The number of carbonyl (C=O) groups is 1. The summed E-state index contributed by atoms with van der Waals surface area (Å²) < 4.78 is 5.41. The van der Waals surface area contributed by atoms with Gasteiger partial charge in [-0.3, -0.25) is 0 Å². The van der Waals surface area contributed by atoms with Crippen molar-refractivity contribution in [3.63, 3.8) is 0 Å². The molecule has 0 bridgehead atoms. The molecule has 116 valence electrons. The van der Waals surface area contributed by atoms with Crippen molar-refractivity contribution in [3.8, 4) is 0 Å². The average molecular weight is 313 g/mol. The largest absolute Gasteiger partial charge is 0.444 e. The van der Waals surface area contributed by atoms with Gasteiger partial charge in [-0.25, -0.2) is 14.8 Å². The van der Waals surface area contributed by atoms with E-state index in [4.69, 9.17) is 16.3 Å². The van der Waals surface area contributed by atoms with Gasteiger partial charge in [-0.1, -0.05) is 11.6 Å². The molecule has 2 rings (SSSR count). The average Bonchev–Trinajstić information content (AvgIpc) is 2.63. The molecule has 7 heteroatoms. The number of hydrogen-bond donors (Lipinski definition) is 0. The lowest BCUT2D eigenvalue weighted by molar-refractivity contribution is 0.0263. The topological polar surface area (TPSA) is 58.6 Å². The molecule has 0 unspecified atom stereocenters. The van der Waals surface area contributed by atoms with E-state index in [9.17, 15) is 4.79 Å². The van der Waals surface area contributed by atoms with Gasteiger partial charge in [0.1, 0.15) is 5.60 Å². The highest BCUT2D eigenvalue weighted by molar-refractivity contribution is 6.31. The molecule has 1 saturated heterocycles. The third-order valence-electron chi connectivity index (χ3n) is 3.08. The van der Waals surface area contributed by atoms with E-state index in [0.29, 0.717) is 30.6 Å². The molecule has 0 N–H and O–H groups in total. The number of anilines is 1. The van der Waals surface area contributed by atoms with Gasteiger partial charge in [0.05, 0.1) is 0 Å². The minimum Gasteiger partial charge on any atom is -0.444 e. The summed E-state index contributed by atoms with van der Waals surface area (Å²) in [6.07, 6.45) is 3.76. The van der Waals surface area contributed by atoms with Gasteiger partial charge >= 0.3 is 6.09 Å². The van der Waals surface area contributed by atoms with Crippen molar-refractivity contribution < 1.29 is 9.53 Å². The van der Waals surface area contributed by atoms with Gasteiger partial charge in [-0.05, 0) is 27.2 Å². The highest BCUT2D eigenvalue weighted by Crippen LogP contribution is 2.21. The molecule has 1 amide bonds. The van der Waals surface area contributed by atoms with Gasteiger partial charge in [-0.15, -0.1) is 0 Å². The van der Waals surface area contributed by atoms with Crippen LogP contribution in [-0.4, -0.2) is 52.7 Å². The fourth-order valence-corrected chi connectivity index (χ4v) is 2.39. The summed E-state index contributed by atoms with van der Waals surface area (Å²) in [4.78, 5) is 24.2. The van der Waals surface area contributed by atoms with Crippen LogP contribution >= 0.6 is 11.6 Å². The van der Waals surface area contributed by atoms with Gasteiger partial charge in [0.2, 0.25) is 0 Å². The SMILES string of the molecule is CC(C)(C)OC(=O)N1CCCN(c2nccnc2Cl)CC1. The second-order valence-electron chi connectivity index (χ2n) is 5.98. The van der Waals surface area contributed by atoms with Crippen molar-refractivity contribution in [2.45, 2.75) is 32.8 Å². The van der Waals surface area contributed by atoms with Crippen LogP contribution < -0.4 is 4.90 Å². The monoisotopic (exact) mass is 312 g/mol. The number of amides is 1. The Morgan fingerprint density at radius 3 is 2.57 bits per heavy atom. The van der Waals surface area contributed by atoms with Crippen LogP contribution in [-0.2, 0) is 4.74 Å². The first kappa shape index (κ1) is 15.8. The lowest BCUT2D eigenvalue weighted by Gasteiger charge is -2.26.